The Hall–Kier alpha value is -0.370. The van der Waals surface area contributed by atoms with Crippen molar-refractivity contribution in [2.75, 3.05) is 20.1 Å². The molecule has 1 aliphatic rings. The van der Waals surface area contributed by atoms with Crippen molar-refractivity contribution in [1.82, 2.24) is 15.2 Å². The van der Waals surface area contributed by atoms with Gasteiger partial charge in [-0.1, -0.05) is 34.6 Å². The van der Waals surface area contributed by atoms with Crippen LogP contribution in [-0.2, 0) is 11.8 Å². The van der Waals surface area contributed by atoms with Gasteiger partial charge in [-0.05, 0) is 13.8 Å². The number of nitrogens with zero attached hydrogens (tertiary/aromatic N) is 3. The van der Waals surface area contributed by atoms with E-state index in [-0.39, 0.29) is 34.9 Å². The van der Waals surface area contributed by atoms with Gasteiger partial charge in [-0.25, -0.2) is 4.98 Å². The Kier molecular flexibility index (Phi) is 6.75. The summed E-state index contributed by atoms with van der Waals surface area (Å²) >= 11 is 1.76. The molecule has 138 valence electrons. The van der Waals surface area contributed by atoms with Crippen LogP contribution in [0.4, 0.5) is 0 Å². The molecule has 0 aromatic carbocycles. The number of rotatable bonds is 3. The maximum absolute atomic E-state index is 4.76. The van der Waals surface area contributed by atoms with Crippen molar-refractivity contribution in [3.63, 3.8) is 0 Å². The largest absolute Gasteiger partial charge is 0.356 e. The standard InChI is InChI=1S/C18H32N4S.HI/c1-16(2,3)13-11-23-14(21-13)9-10-20-15(19-8)22-12-17(4,5)18(22,6)7;/h11H,9-10,12H2,1-8H3,(H,19,20);1H. The van der Waals surface area contributed by atoms with Crippen molar-refractivity contribution >= 4 is 41.3 Å². The van der Waals surface area contributed by atoms with E-state index in [0.29, 0.717) is 5.41 Å². The van der Waals surface area contributed by atoms with Gasteiger partial charge in [-0.3, -0.25) is 4.99 Å². The van der Waals surface area contributed by atoms with E-state index < -0.39 is 0 Å². The second kappa shape index (κ2) is 7.48. The number of aliphatic imine (C=N–C) groups is 1. The van der Waals surface area contributed by atoms with Gasteiger partial charge in [0.05, 0.1) is 10.7 Å². The summed E-state index contributed by atoms with van der Waals surface area (Å²) in [4.78, 5) is 11.6. The Labute approximate surface area is 168 Å². The van der Waals surface area contributed by atoms with Gasteiger partial charge in [0, 0.05) is 48.3 Å². The van der Waals surface area contributed by atoms with E-state index in [0.717, 1.165) is 25.5 Å². The number of aromatic nitrogens is 1. The first-order valence-electron chi connectivity index (χ1n) is 8.42. The summed E-state index contributed by atoms with van der Waals surface area (Å²) in [6.07, 6.45) is 0.942. The lowest BCUT2D eigenvalue weighted by Gasteiger charge is -2.62. The van der Waals surface area contributed by atoms with Crippen molar-refractivity contribution < 1.29 is 0 Å². The molecule has 1 N–H and O–H groups in total. The third-order valence-corrected chi connectivity index (χ3v) is 6.20. The SMILES string of the molecule is CN=C(NCCc1nc(C(C)(C)C)cs1)N1CC(C)(C)C1(C)C.I. The number of nitrogens with one attached hydrogen (secondary N) is 1. The molecule has 1 fully saturated rings. The molecule has 1 aliphatic heterocycles. The number of hydrogen-bond donors (Lipinski definition) is 1. The van der Waals surface area contributed by atoms with E-state index >= 15 is 0 Å². The molecule has 0 atom stereocenters. The lowest BCUT2D eigenvalue weighted by Crippen LogP contribution is -2.72. The molecule has 0 radical (unpaired) electrons. The molecule has 0 aliphatic carbocycles. The van der Waals surface area contributed by atoms with Gasteiger partial charge in [0.2, 0.25) is 0 Å². The summed E-state index contributed by atoms with van der Waals surface area (Å²) in [6, 6.07) is 0. The Morgan fingerprint density at radius 2 is 1.96 bits per heavy atom. The Morgan fingerprint density at radius 1 is 1.33 bits per heavy atom. The van der Waals surface area contributed by atoms with Gasteiger partial charge in [0.1, 0.15) is 0 Å². The van der Waals surface area contributed by atoms with Crippen LogP contribution < -0.4 is 5.32 Å². The minimum Gasteiger partial charge on any atom is -0.356 e. The molecule has 6 heteroatoms. The number of hydrogen-bond acceptors (Lipinski definition) is 3. The van der Waals surface area contributed by atoms with Gasteiger partial charge in [0.25, 0.3) is 0 Å². The van der Waals surface area contributed by atoms with Gasteiger partial charge < -0.3 is 10.2 Å². The highest BCUT2D eigenvalue weighted by Gasteiger charge is 2.53. The topological polar surface area (TPSA) is 40.5 Å². The zero-order valence-electron chi connectivity index (χ0n) is 16.4. The molecule has 0 saturated carbocycles. The molecule has 2 heterocycles. The fraction of sp³-hybridized carbons (Fsp3) is 0.778. The summed E-state index contributed by atoms with van der Waals surface area (Å²) < 4.78 is 0. The van der Waals surface area contributed by atoms with Crippen LogP contribution in [0.15, 0.2) is 10.4 Å². The van der Waals surface area contributed by atoms with Crippen LogP contribution in [-0.4, -0.2) is 41.5 Å². The van der Waals surface area contributed by atoms with Crippen LogP contribution in [0.2, 0.25) is 0 Å². The smallest absolute Gasteiger partial charge is 0.194 e. The predicted octanol–water partition coefficient (Wildman–Crippen LogP) is 4.30. The van der Waals surface area contributed by atoms with Crippen LogP contribution in [0.3, 0.4) is 0 Å². The number of thiazole rings is 1. The summed E-state index contributed by atoms with van der Waals surface area (Å²) in [5, 5.41) is 6.89. The Balaban J connectivity index is 0.00000288. The van der Waals surface area contributed by atoms with Gasteiger partial charge in [-0.2, -0.15) is 0 Å². The van der Waals surface area contributed by atoms with E-state index in [4.69, 9.17) is 4.98 Å². The normalized spacial score (nSPS) is 19.5. The van der Waals surface area contributed by atoms with Crippen molar-refractivity contribution in [2.24, 2.45) is 10.4 Å². The molecule has 4 nitrogen and oxygen atoms in total. The molecule has 1 saturated heterocycles. The summed E-state index contributed by atoms with van der Waals surface area (Å²) in [7, 11) is 1.87. The molecular formula is C18H33IN4S. The molecule has 1 aromatic heterocycles. The highest BCUT2D eigenvalue weighted by Crippen LogP contribution is 2.46. The predicted molar refractivity (Wildman–Crippen MR) is 116 cm³/mol. The van der Waals surface area contributed by atoms with E-state index in [2.05, 4.69) is 69.1 Å². The van der Waals surface area contributed by atoms with Crippen LogP contribution in [0.1, 0.15) is 59.2 Å². The van der Waals surface area contributed by atoms with E-state index in [9.17, 15) is 0 Å². The fourth-order valence-electron chi connectivity index (χ4n) is 2.75. The van der Waals surface area contributed by atoms with Crippen LogP contribution in [0.25, 0.3) is 0 Å². The monoisotopic (exact) mass is 464 g/mol. The maximum Gasteiger partial charge on any atom is 0.194 e. The fourth-order valence-corrected chi connectivity index (χ4v) is 3.77. The summed E-state index contributed by atoms with van der Waals surface area (Å²) in [6.45, 7) is 17.8. The minimum atomic E-state index is 0. The first kappa shape index (κ1) is 21.7. The third kappa shape index (κ3) is 4.23. The molecule has 0 amide bonds. The zero-order chi connectivity index (χ0) is 17.5. The third-order valence-electron chi connectivity index (χ3n) is 5.29. The molecular weight excluding hydrogens is 431 g/mol. The van der Waals surface area contributed by atoms with Crippen LogP contribution >= 0.6 is 35.3 Å². The second-order valence-electron chi connectivity index (χ2n) is 8.63. The molecule has 1 aromatic rings. The van der Waals surface area contributed by atoms with E-state index in [1.54, 1.807) is 11.3 Å². The number of guanidine groups is 1. The summed E-state index contributed by atoms with van der Waals surface area (Å²) in [5.74, 6) is 1.00. The van der Waals surface area contributed by atoms with Gasteiger partial charge >= 0.3 is 0 Å². The van der Waals surface area contributed by atoms with Crippen molar-refractivity contribution in [1.29, 1.82) is 0 Å². The number of likely N-dealkylation sites (tertiary alicyclic amines) is 1. The summed E-state index contributed by atoms with van der Waals surface area (Å²) in [5.41, 5.74) is 1.77. The minimum absolute atomic E-state index is 0. The van der Waals surface area contributed by atoms with E-state index in [1.807, 2.05) is 7.05 Å². The molecule has 0 unspecified atom stereocenters. The van der Waals surface area contributed by atoms with Crippen molar-refractivity contribution in [2.45, 2.75) is 65.8 Å². The highest BCUT2D eigenvalue weighted by atomic mass is 127. The molecule has 24 heavy (non-hydrogen) atoms. The Bertz CT molecular complexity index is 584. The molecule has 2 rings (SSSR count). The van der Waals surface area contributed by atoms with E-state index in [1.165, 1.54) is 10.7 Å². The second-order valence-corrected chi connectivity index (χ2v) is 9.57. The van der Waals surface area contributed by atoms with Crippen molar-refractivity contribution in [3.8, 4) is 0 Å². The van der Waals surface area contributed by atoms with Crippen LogP contribution in [0.5, 0.6) is 0 Å². The number of halogens is 1. The lowest BCUT2D eigenvalue weighted by molar-refractivity contribution is -0.0666. The van der Waals surface area contributed by atoms with Gasteiger partial charge in [0.15, 0.2) is 5.96 Å². The molecule has 0 spiro atoms. The Morgan fingerprint density at radius 3 is 2.38 bits per heavy atom. The lowest BCUT2D eigenvalue weighted by atomic mass is 9.65. The quantitative estimate of drug-likeness (QED) is 0.412. The average Bonchev–Trinajstić information content (AvgIpc) is 2.90. The van der Waals surface area contributed by atoms with Crippen LogP contribution in [0, 0.1) is 5.41 Å². The maximum atomic E-state index is 4.76. The first-order valence-corrected chi connectivity index (χ1v) is 9.30. The highest BCUT2D eigenvalue weighted by molar-refractivity contribution is 14.0. The first-order chi connectivity index (χ1) is 10.5. The van der Waals surface area contributed by atoms with Gasteiger partial charge in [-0.15, -0.1) is 35.3 Å². The van der Waals surface area contributed by atoms with Crippen molar-refractivity contribution in [3.05, 3.63) is 16.1 Å². The average molecular weight is 464 g/mol. The zero-order valence-corrected chi connectivity index (χ0v) is 19.5. The molecule has 0 bridgehead atoms.